The molecule has 122 valence electrons. The molecule has 3 aromatic rings. The Kier molecular flexibility index (Phi) is 4.06. The van der Waals surface area contributed by atoms with Gasteiger partial charge in [-0.05, 0) is 23.8 Å². The third-order valence-electron chi connectivity index (χ3n) is 4.11. The second-order valence-electron chi connectivity index (χ2n) is 5.70. The minimum Gasteiger partial charge on any atom is -0.392 e. The van der Waals surface area contributed by atoms with Crippen LogP contribution in [0.3, 0.4) is 0 Å². The van der Waals surface area contributed by atoms with Crippen LogP contribution in [-0.4, -0.2) is 46.4 Å². The number of aliphatic hydroxyl groups excluding tert-OH is 1. The van der Waals surface area contributed by atoms with Crippen molar-refractivity contribution in [2.45, 2.75) is 6.61 Å². The molecule has 1 aliphatic heterocycles. The van der Waals surface area contributed by atoms with Crippen LogP contribution >= 0.6 is 0 Å². The molecule has 6 heteroatoms. The molecular weight excluding hydrogens is 304 g/mol. The Morgan fingerprint density at radius 3 is 2.79 bits per heavy atom. The number of rotatable bonds is 3. The van der Waals surface area contributed by atoms with E-state index in [1.54, 1.807) is 6.20 Å². The number of morpholine rings is 1. The van der Waals surface area contributed by atoms with Gasteiger partial charge in [-0.1, -0.05) is 18.2 Å². The Morgan fingerprint density at radius 1 is 1.08 bits per heavy atom. The summed E-state index contributed by atoms with van der Waals surface area (Å²) in [6, 6.07) is 11.5. The molecule has 0 aliphatic carbocycles. The minimum absolute atomic E-state index is 0.000697. The van der Waals surface area contributed by atoms with Crippen LogP contribution in [0.25, 0.3) is 22.4 Å². The monoisotopic (exact) mass is 322 g/mol. The summed E-state index contributed by atoms with van der Waals surface area (Å²) in [7, 11) is 0. The third-order valence-corrected chi connectivity index (χ3v) is 4.11. The van der Waals surface area contributed by atoms with Crippen molar-refractivity contribution in [3.05, 3.63) is 48.2 Å². The maximum atomic E-state index is 9.37. The number of anilines is 1. The second kappa shape index (κ2) is 6.51. The zero-order valence-corrected chi connectivity index (χ0v) is 13.2. The molecule has 1 saturated heterocycles. The van der Waals surface area contributed by atoms with E-state index in [1.165, 1.54) is 0 Å². The van der Waals surface area contributed by atoms with E-state index in [-0.39, 0.29) is 6.61 Å². The fraction of sp³-hybridized carbons (Fsp3) is 0.278. The number of nitrogens with zero attached hydrogens (tertiary/aromatic N) is 4. The number of pyridine rings is 1. The summed E-state index contributed by atoms with van der Waals surface area (Å²) in [5.74, 6) is 1.49. The molecule has 6 nitrogen and oxygen atoms in total. The summed E-state index contributed by atoms with van der Waals surface area (Å²) >= 11 is 0. The molecule has 1 aliphatic rings. The number of benzene rings is 1. The minimum atomic E-state index is -0.000697. The van der Waals surface area contributed by atoms with Gasteiger partial charge in [-0.25, -0.2) is 9.97 Å². The van der Waals surface area contributed by atoms with E-state index in [4.69, 9.17) is 9.72 Å². The van der Waals surface area contributed by atoms with Crippen LogP contribution in [0.5, 0.6) is 0 Å². The molecule has 0 atom stereocenters. The lowest BCUT2D eigenvalue weighted by molar-refractivity contribution is 0.122. The first-order valence-corrected chi connectivity index (χ1v) is 8.01. The number of ether oxygens (including phenoxy) is 1. The number of aliphatic hydroxyl groups is 1. The van der Waals surface area contributed by atoms with E-state index < -0.39 is 0 Å². The Morgan fingerprint density at radius 2 is 1.96 bits per heavy atom. The van der Waals surface area contributed by atoms with E-state index in [9.17, 15) is 5.11 Å². The van der Waals surface area contributed by atoms with Crippen molar-refractivity contribution in [1.29, 1.82) is 0 Å². The smallest absolute Gasteiger partial charge is 0.162 e. The molecule has 0 saturated carbocycles. The van der Waals surface area contributed by atoms with Crippen LogP contribution in [0, 0.1) is 0 Å². The molecule has 0 radical (unpaired) electrons. The van der Waals surface area contributed by atoms with Gasteiger partial charge in [0, 0.05) is 24.8 Å². The molecule has 24 heavy (non-hydrogen) atoms. The zero-order valence-electron chi connectivity index (χ0n) is 13.2. The molecule has 0 spiro atoms. The highest BCUT2D eigenvalue weighted by Crippen LogP contribution is 2.27. The molecule has 1 aromatic carbocycles. The Labute approximate surface area is 139 Å². The van der Waals surface area contributed by atoms with Gasteiger partial charge in [0.2, 0.25) is 0 Å². The number of fused-ring (bicyclic) bond motifs is 1. The van der Waals surface area contributed by atoms with Crippen LogP contribution in [0.15, 0.2) is 42.6 Å². The largest absolute Gasteiger partial charge is 0.392 e. The summed E-state index contributed by atoms with van der Waals surface area (Å²) in [5.41, 5.74) is 3.36. The normalized spacial score (nSPS) is 15.0. The Bertz CT molecular complexity index is 863. The summed E-state index contributed by atoms with van der Waals surface area (Å²) in [6.07, 6.45) is 1.77. The summed E-state index contributed by atoms with van der Waals surface area (Å²) < 4.78 is 5.45. The molecular formula is C18H18N4O2. The predicted octanol–water partition coefficient (Wildman–Crippen LogP) is 2.02. The average Bonchev–Trinajstić information content (AvgIpc) is 2.68. The van der Waals surface area contributed by atoms with Crippen molar-refractivity contribution in [3.8, 4) is 11.4 Å². The first-order valence-electron chi connectivity index (χ1n) is 8.01. The first-order chi connectivity index (χ1) is 11.8. The molecule has 4 rings (SSSR count). The SMILES string of the molecule is OCc1cccc(-c2nc(N3CCOCC3)c3ncccc3n2)c1. The van der Waals surface area contributed by atoms with Gasteiger partial charge in [0.05, 0.1) is 25.3 Å². The van der Waals surface area contributed by atoms with Crippen LogP contribution in [0.4, 0.5) is 5.82 Å². The quantitative estimate of drug-likeness (QED) is 0.795. The third kappa shape index (κ3) is 2.81. The maximum Gasteiger partial charge on any atom is 0.162 e. The van der Waals surface area contributed by atoms with Crippen molar-refractivity contribution < 1.29 is 9.84 Å². The summed E-state index contributed by atoms with van der Waals surface area (Å²) in [4.78, 5) is 16.1. The number of hydrogen-bond donors (Lipinski definition) is 1. The number of hydrogen-bond acceptors (Lipinski definition) is 6. The van der Waals surface area contributed by atoms with Gasteiger partial charge in [0.15, 0.2) is 11.6 Å². The molecule has 0 bridgehead atoms. The molecule has 1 N–H and O–H groups in total. The predicted molar refractivity (Wildman–Crippen MR) is 91.7 cm³/mol. The second-order valence-corrected chi connectivity index (χ2v) is 5.70. The van der Waals surface area contributed by atoms with E-state index >= 15 is 0 Å². The Hall–Kier alpha value is -2.57. The lowest BCUT2D eigenvalue weighted by Gasteiger charge is -2.28. The highest BCUT2D eigenvalue weighted by Gasteiger charge is 2.18. The van der Waals surface area contributed by atoms with Crippen molar-refractivity contribution in [3.63, 3.8) is 0 Å². The standard InChI is InChI=1S/C18H18N4O2/c23-12-13-3-1-4-14(11-13)17-20-15-5-2-6-19-16(15)18(21-17)22-7-9-24-10-8-22/h1-6,11,23H,7-10,12H2. The van der Waals surface area contributed by atoms with Crippen LogP contribution in [0.1, 0.15) is 5.56 Å². The fourth-order valence-corrected chi connectivity index (χ4v) is 2.89. The Balaban J connectivity index is 1.87. The topological polar surface area (TPSA) is 71.4 Å². The van der Waals surface area contributed by atoms with Gasteiger partial charge in [0.25, 0.3) is 0 Å². The van der Waals surface area contributed by atoms with Crippen molar-refractivity contribution in [2.24, 2.45) is 0 Å². The van der Waals surface area contributed by atoms with Crippen LogP contribution in [0.2, 0.25) is 0 Å². The van der Waals surface area contributed by atoms with Gasteiger partial charge < -0.3 is 14.7 Å². The van der Waals surface area contributed by atoms with Crippen LogP contribution < -0.4 is 4.90 Å². The average molecular weight is 322 g/mol. The van der Waals surface area contributed by atoms with E-state index in [1.807, 2.05) is 36.4 Å². The van der Waals surface area contributed by atoms with E-state index in [2.05, 4.69) is 14.9 Å². The fourth-order valence-electron chi connectivity index (χ4n) is 2.89. The summed E-state index contributed by atoms with van der Waals surface area (Å²) in [6.45, 7) is 2.96. The van der Waals surface area contributed by atoms with E-state index in [0.29, 0.717) is 19.0 Å². The first kappa shape index (κ1) is 15.0. The van der Waals surface area contributed by atoms with Crippen LogP contribution in [-0.2, 0) is 11.3 Å². The number of aromatic nitrogens is 3. The molecule has 0 amide bonds. The lowest BCUT2D eigenvalue weighted by atomic mass is 10.1. The molecule has 0 unspecified atom stereocenters. The van der Waals surface area contributed by atoms with Gasteiger partial charge in [0.1, 0.15) is 5.52 Å². The van der Waals surface area contributed by atoms with Gasteiger partial charge in [-0.3, -0.25) is 4.98 Å². The van der Waals surface area contributed by atoms with Crippen molar-refractivity contribution in [1.82, 2.24) is 15.0 Å². The van der Waals surface area contributed by atoms with Crippen molar-refractivity contribution in [2.75, 3.05) is 31.2 Å². The van der Waals surface area contributed by atoms with Gasteiger partial charge >= 0.3 is 0 Å². The molecule has 3 heterocycles. The van der Waals surface area contributed by atoms with Crippen molar-refractivity contribution >= 4 is 16.9 Å². The molecule has 2 aromatic heterocycles. The highest BCUT2D eigenvalue weighted by molar-refractivity contribution is 5.87. The van der Waals surface area contributed by atoms with Gasteiger partial charge in [-0.15, -0.1) is 0 Å². The maximum absolute atomic E-state index is 9.37. The molecule has 1 fully saturated rings. The summed E-state index contributed by atoms with van der Waals surface area (Å²) in [5, 5.41) is 9.37. The van der Waals surface area contributed by atoms with Gasteiger partial charge in [-0.2, -0.15) is 0 Å². The van der Waals surface area contributed by atoms with E-state index in [0.717, 1.165) is 41.1 Å². The lowest BCUT2D eigenvalue weighted by Crippen LogP contribution is -2.37. The zero-order chi connectivity index (χ0) is 16.4. The highest BCUT2D eigenvalue weighted by atomic mass is 16.5.